The van der Waals surface area contributed by atoms with Crippen molar-refractivity contribution in [3.05, 3.63) is 53.0 Å². The Morgan fingerprint density at radius 1 is 1.17 bits per heavy atom. The van der Waals surface area contributed by atoms with E-state index in [-0.39, 0.29) is 16.6 Å². The van der Waals surface area contributed by atoms with Crippen LogP contribution in [-0.4, -0.2) is 59.7 Å². The molecule has 1 aromatic carbocycles. The monoisotopic (exact) mass is 452 g/mol. The number of likely N-dealkylation sites (N-methyl/N-ethyl adjacent to an activating group) is 1. The Balaban J connectivity index is 2.00. The lowest BCUT2D eigenvalue weighted by atomic mass is 9.66. The van der Waals surface area contributed by atoms with Gasteiger partial charge in [0, 0.05) is 42.0 Å². The van der Waals surface area contributed by atoms with Crippen LogP contribution in [0.15, 0.2) is 46.2 Å². The number of hydrogen-bond acceptors (Lipinski definition) is 4. The van der Waals surface area contributed by atoms with Crippen LogP contribution in [-0.2, 0) is 0 Å². The summed E-state index contributed by atoms with van der Waals surface area (Å²) in [5.41, 5.74) is 5.18. The van der Waals surface area contributed by atoms with Crippen molar-refractivity contribution >= 4 is 29.1 Å². The van der Waals surface area contributed by atoms with Gasteiger partial charge in [-0.25, -0.2) is 8.78 Å². The zero-order valence-electron chi connectivity index (χ0n) is 17.9. The molecule has 3 N–H and O–H groups in total. The number of nitrogens with two attached hydrogens (primary N) is 1. The molecule has 0 aromatic heterocycles. The summed E-state index contributed by atoms with van der Waals surface area (Å²) >= 11 is 6.60. The highest BCUT2D eigenvalue weighted by molar-refractivity contribution is 8.03. The first-order valence-corrected chi connectivity index (χ1v) is 11.3. The largest absolute Gasteiger partial charge is 0.376 e. The minimum Gasteiger partial charge on any atom is -0.376 e. The first-order valence-electron chi connectivity index (χ1n) is 10.1. The van der Waals surface area contributed by atoms with Crippen molar-refractivity contribution in [1.29, 1.82) is 0 Å². The highest BCUT2D eigenvalue weighted by atomic mass is 32.2. The highest BCUT2D eigenvalue weighted by Gasteiger charge is 2.50. The summed E-state index contributed by atoms with van der Waals surface area (Å²) in [6.07, 6.45) is 6.32. The Morgan fingerprint density at radius 3 is 2.30 bits per heavy atom. The number of hydrogen-bond donors (Lipinski definition) is 2. The summed E-state index contributed by atoms with van der Waals surface area (Å²) in [5.74, 6) is -1.17. The summed E-state index contributed by atoms with van der Waals surface area (Å²) < 4.78 is 27.4. The summed E-state index contributed by atoms with van der Waals surface area (Å²) in [5, 5.41) is 3.63. The number of nitrogens with zero attached hydrogens (tertiary/aromatic N) is 2. The van der Waals surface area contributed by atoms with Gasteiger partial charge in [-0.15, -0.1) is 0 Å². The van der Waals surface area contributed by atoms with Crippen molar-refractivity contribution in [3.8, 4) is 0 Å². The normalized spacial score (nSPS) is 25.8. The molecule has 2 atom stereocenters. The van der Waals surface area contributed by atoms with Gasteiger partial charge in [-0.2, -0.15) is 0 Å². The lowest BCUT2D eigenvalue weighted by Gasteiger charge is -2.54. The molecule has 2 aliphatic rings. The topological polar surface area (TPSA) is 44.5 Å². The van der Waals surface area contributed by atoms with Crippen molar-refractivity contribution in [2.75, 3.05) is 33.2 Å². The maximum absolute atomic E-state index is 13.7. The number of thioether (sulfide) groups is 1. The Labute approximate surface area is 187 Å². The van der Waals surface area contributed by atoms with Gasteiger partial charge in [0.15, 0.2) is 5.11 Å². The fraction of sp³-hybridized carbons (Fsp3) is 0.500. The van der Waals surface area contributed by atoms with E-state index >= 15 is 0 Å². The summed E-state index contributed by atoms with van der Waals surface area (Å²) in [6.45, 7) is 10.3. The lowest BCUT2D eigenvalue weighted by Crippen LogP contribution is -2.69. The number of thiocarbonyl (C=S) groups is 1. The fourth-order valence-electron chi connectivity index (χ4n) is 4.15. The number of rotatable bonds is 4. The van der Waals surface area contributed by atoms with Gasteiger partial charge in [0.25, 0.3) is 0 Å². The Kier molecular flexibility index (Phi) is 6.91. The molecular formula is C22H30F2N4S2. The van der Waals surface area contributed by atoms with Crippen LogP contribution in [0.5, 0.6) is 0 Å². The molecular weight excluding hydrogens is 422 g/mol. The van der Waals surface area contributed by atoms with Gasteiger partial charge in [-0.1, -0.05) is 44.7 Å². The van der Waals surface area contributed by atoms with E-state index < -0.39 is 17.2 Å². The van der Waals surface area contributed by atoms with Crippen molar-refractivity contribution in [2.45, 2.75) is 37.2 Å². The lowest BCUT2D eigenvalue weighted by molar-refractivity contribution is 0.0552. The minimum absolute atomic E-state index is 0.0429. The third-order valence-corrected chi connectivity index (χ3v) is 6.92. The van der Waals surface area contributed by atoms with Crippen LogP contribution in [0, 0.1) is 17.0 Å². The summed E-state index contributed by atoms with van der Waals surface area (Å²) in [6, 6.07) is 3.61. The molecule has 1 fully saturated rings. The van der Waals surface area contributed by atoms with Crippen LogP contribution in [0.25, 0.3) is 0 Å². The molecule has 1 aliphatic carbocycles. The van der Waals surface area contributed by atoms with Gasteiger partial charge in [0.2, 0.25) is 0 Å². The fourth-order valence-corrected chi connectivity index (χ4v) is 5.33. The van der Waals surface area contributed by atoms with Gasteiger partial charge in [-0.3, -0.25) is 4.90 Å². The van der Waals surface area contributed by atoms with Crippen LogP contribution in [0.1, 0.15) is 20.8 Å². The van der Waals surface area contributed by atoms with Gasteiger partial charge >= 0.3 is 0 Å². The zero-order valence-corrected chi connectivity index (χ0v) is 19.5. The van der Waals surface area contributed by atoms with E-state index in [1.807, 2.05) is 6.08 Å². The molecule has 1 aliphatic heterocycles. The second kappa shape index (κ2) is 8.94. The number of allylic oxidation sites excluding steroid dienone is 1. The van der Waals surface area contributed by atoms with E-state index in [0.29, 0.717) is 4.90 Å². The zero-order chi connectivity index (χ0) is 22.1. The van der Waals surface area contributed by atoms with Gasteiger partial charge < -0.3 is 16.0 Å². The van der Waals surface area contributed by atoms with Crippen LogP contribution in [0.2, 0.25) is 0 Å². The van der Waals surface area contributed by atoms with Gasteiger partial charge in [-0.05, 0) is 42.9 Å². The van der Waals surface area contributed by atoms with Crippen molar-refractivity contribution in [1.82, 2.24) is 15.1 Å². The molecule has 8 heteroatoms. The van der Waals surface area contributed by atoms with Gasteiger partial charge in [0.1, 0.15) is 11.6 Å². The standard InChI is InChI=1S/C22H30F2N4S2/c1-21(2,3)22(26-20(25)29)14-17(30-18-12-15(23)11-16(24)13-18)5-6-19(22)28-9-7-27(4)8-10-28/h5-6,11-14,19H,7-10H2,1-4H3,(H3,25,26,29). The molecule has 0 bridgehead atoms. The molecule has 30 heavy (non-hydrogen) atoms. The molecule has 1 saturated heterocycles. The number of benzene rings is 1. The second-order valence-electron chi connectivity index (χ2n) is 9.01. The van der Waals surface area contributed by atoms with Crippen molar-refractivity contribution in [3.63, 3.8) is 0 Å². The molecule has 2 unspecified atom stereocenters. The highest BCUT2D eigenvalue weighted by Crippen LogP contribution is 2.44. The molecule has 3 rings (SSSR count). The Hall–Kier alpha value is -1.48. The van der Waals surface area contributed by atoms with Crippen LogP contribution in [0.3, 0.4) is 0 Å². The van der Waals surface area contributed by atoms with E-state index in [9.17, 15) is 8.78 Å². The number of nitrogens with one attached hydrogen (secondary N) is 1. The van der Waals surface area contributed by atoms with Gasteiger partial charge in [0.05, 0.1) is 11.6 Å². The average Bonchev–Trinajstić information content (AvgIpc) is 2.60. The Morgan fingerprint density at radius 2 is 1.77 bits per heavy atom. The molecule has 0 radical (unpaired) electrons. The van der Waals surface area contributed by atoms with Crippen LogP contribution in [0.4, 0.5) is 8.78 Å². The first kappa shape index (κ1) is 23.2. The van der Waals surface area contributed by atoms with Crippen LogP contribution < -0.4 is 11.1 Å². The first-order chi connectivity index (χ1) is 14.0. The molecule has 1 aromatic rings. The quantitative estimate of drug-likeness (QED) is 0.679. The number of halogens is 2. The van der Waals surface area contributed by atoms with Crippen molar-refractivity contribution in [2.24, 2.45) is 11.1 Å². The average molecular weight is 453 g/mol. The van der Waals surface area contributed by atoms with Crippen LogP contribution >= 0.6 is 24.0 Å². The third-order valence-electron chi connectivity index (χ3n) is 5.85. The predicted molar refractivity (Wildman–Crippen MR) is 124 cm³/mol. The molecule has 164 valence electrons. The Bertz CT molecular complexity index is 837. The number of piperazine rings is 1. The van der Waals surface area contributed by atoms with Crippen molar-refractivity contribution < 1.29 is 8.78 Å². The summed E-state index contributed by atoms with van der Waals surface area (Å²) in [4.78, 5) is 6.18. The molecule has 0 spiro atoms. The smallest absolute Gasteiger partial charge is 0.164 e. The third kappa shape index (κ3) is 5.04. The molecule has 0 amide bonds. The van der Waals surface area contributed by atoms with E-state index in [4.69, 9.17) is 18.0 Å². The van der Waals surface area contributed by atoms with E-state index in [0.717, 1.165) is 37.2 Å². The van der Waals surface area contributed by atoms with E-state index in [2.05, 4.69) is 55.1 Å². The molecule has 1 heterocycles. The molecule has 0 saturated carbocycles. The van der Waals surface area contributed by atoms with E-state index in [1.54, 1.807) is 0 Å². The molecule has 4 nitrogen and oxygen atoms in total. The SMILES string of the molecule is CN1CCN(C2C=CC(Sc3cc(F)cc(F)c3)=CC2(NC(N)=S)C(C)(C)C)CC1. The summed E-state index contributed by atoms with van der Waals surface area (Å²) in [7, 11) is 2.13. The maximum Gasteiger partial charge on any atom is 0.164 e. The maximum atomic E-state index is 13.7. The second-order valence-corrected chi connectivity index (χ2v) is 10.6. The van der Waals surface area contributed by atoms with E-state index in [1.165, 1.54) is 23.9 Å². The minimum atomic E-state index is -0.587. The predicted octanol–water partition coefficient (Wildman–Crippen LogP) is 3.74.